The summed E-state index contributed by atoms with van der Waals surface area (Å²) < 4.78 is 0. The van der Waals surface area contributed by atoms with Gasteiger partial charge in [0.2, 0.25) is 0 Å². The standard InChI is InChI=1S/C20H27N/c1-13-11-15(3)20(16(4)12-13)18(6)21-17(5)19-10-8-7-9-14(19)2/h7-12,17-18,21H,1-6H3. The third-order valence-corrected chi connectivity index (χ3v) is 4.33. The van der Waals surface area contributed by atoms with Gasteiger partial charge in [0.15, 0.2) is 0 Å². The van der Waals surface area contributed by atoms with E-state index in [0.717, 1.165) is 0 Å². The Balaban J connectivity index is 2.22. The average molecular weight is 281 g/mol. The molecule has 2 rings (SSSR count). The van der Waals surface area contributed by atoms with Crippen molar-refractivity contribution in [2.45, 2.75) is 53.6 Å². The molecule has 0 radical (unpaired) electrons. The van der Waals surface area contributed by atoms with Crippen LogP contribution in [0.5, 0.6) is 0 Å². The molecule has 0 bridgehead atoms. The Morgan fingerprint density at radius 3 is 1.90 bits per heavy atom. The fourth-order valence-corrected chi connectivity index (χ4v) is 3.49. The molecule has 2 aromatic rings. The van der Waals surface area contributed by atoms with Crippen LogP contribution in [0, 0.1) is 27.7 Å². The number of hydrogen-bond acceptors (Lipinski definition) is 1. The van der Waals surface area contributed by atoms with Crippen LogP contribution in [-0.4, -0.2) is 0 Å². The van der Waals surface area contributed by atoms with Crippen molar-refractivity contribution in [1.29, 1.82) is 0 Å². The van der Waals surface area contributed by atoms with Gasteiger partial charge in [0.1, 0.15) is 0 Å². The normalized spacial score (nSPS) is 14.0. The average Bonchev–Trinajstić information content (AvgIpc) is 2.37. The van der Waals surface area contributed by atoms with E-state index in [0.29, 0.717) is 12.1 Å². The number of hydrogen-bond donors (Lipinski definition) is 1. The monoisotopic (exact) mass is 281 g/mol. The zero-order chi connectivity index (χ0) is 15.6. The molecular weight excluding hydrogens is 254 g/mol. The van der Waals surface area contributed by atoms with Crippen molar-refractivity contribution < 1.29 is 0 Å². The van der Waals surface area contributed by atoms with E-state index in [9.17, 15) is 0 Å². The van der Waals surface area contributed by atoms with E-state index in [2.05, 4.69) is 83.3 Å². The molecule has 1 heteroatoms. The van der Waals surface area contributed by atoms with E-state index < -0.39 is 0 Å². The van der Waals surface area contributed by atoms with E-state index in [4.69, 9.17) is 0 Å². The van der Waals surface area contributed by atoms with Gasteiger partial charge in [0, 0.05) is 12.1 Å². The molecule has 0 spiro atoms. The molecule has 0 amide bonds. The maximum atomic E-state index is 3.75. The van der Waals surface area contributed by atoms with Crippen LogP contribution in [0.15, 0.2) is 36.4 Å². The molecule has 0 aromatic heterocycles. The SMILES string of the molecule is Cc1cc(C)c(C(C)NC(C)c2ccccc2C)c(C)c1. The maximum Gasteiger partial charge on any atom is 0.0302 e. The highest BCUT2D eigenvalue weighted by Crippen LogP contribution is 2.26. The fourth-order valence-electron chi connectivity index (χ4n) is 3.49. The van der Waals surface area contributed by atoms with Crippen molar-refractivity contribution in [3.05, 3.63) is 69.8 Å². The highest BCUT2D eigenvalue weighted by molar-refractivity contribution is 5.39. The minimum absolute atomic E-state index is 0.347. The van der Waals surface area contributed by atoms with Crippen LogP contribution < -0.4 is 5.32 Å². The van der Waals surface area contributed by atoms with Gasteiger partial charge in [-0.1, -0.05) is 42.0 Å². The molecule has 2 unspecified atom stereocenters. The van der Waals surface area contributed by atoms with Crippen LogP contribution in [-0.2, 0) is 0 Å². The summed E-state index contributed by atoms with van der Waals surface area (Å²) in [6, 6.07) is 13.9. The largest absolute Gasteiger partial charge is 0.304 e. The van der Waals surface area contributed by atoms with Gasteiger partial charge in [-0.05, 0) is 69.4 Å². The third kappa shape index (κ3) is 3.54. The Morgan fingerprint density at radius 1 is 0.762 bits per heavy atom. The van der Waals surface area contributed by atoms with Crippen LogP contribution in [0.3, 0.4) is 0 Å². The molecule has 0 heterocycles. The lowest BCUT2D eigenvalue weighted by Gasteiger charge is -2.25. The second-order valence-corrected chi connectivity index (χ2v) is 6.28. The summed E-state index contributed by atoms with van der Waals surface area (Å²) in [4.78, 5) is 0. The van der Waals surface area contributed by atoms with Gasteiger partial charge >= 0.3 is 0 Å². The number of benzene rings is 2. The van der Waals surface area contributed by atoms with Gasteiger partial charge in [-0.2, -0.15) is 0 Å². The lowest BCUT2D eigenvalue weighted by Crippen LogP contribution is -2.24. The lowest BCUT2D eigenvalue weighted by molar-refractivity contribution is 0.490. The Hall–Kier alpha value is -1.60. The van der Waals surface area contributed by atoms with Crippen molar-refractivity contribution in [2.24, 2.45) is 0 Å². The summed E-state index contributed by atoms with van der Waals surface area (Å²) in [5.74, 6) is 0. The summed E-state index contributed by atoms with van der Waals surface area (Å²) in [6.07, 6.45) is 0. The zero-order valence-corrected chi connectivity index (χ0v) is 14.1. The van der Waals surface area contributed by atoms with Crippen molar-refractivity contribution >= 4 is 0 Å². The lowest BCUT2D eigenvalue weighted by atomic mass is 9.93. The first-order chi connectivity index (χ1) is 9.90. The second kappa shape index (κ2) is 6.44. The molecule has 0 aliphatic rings. The smallest absolute Gasteiger partial charge is 0.0302 e. The van der Waals surface area contributed by atoms with Crippen LogP contribution >= 0.6 is 0 Å². The Bertz CT molecular complexity index is 604. The molecular formula is C20H27N. The van der Waals surface area contributed by atoms with E-state index in [1.807, 2.05) is 0 Å². The zero-order valence-electron chi connectivity index (χ0n) is 14.1. The summed E-state index contributed by atoms with van der Waals surface area (Å²) in [6.45, 7) is 13.3. The predicted molar refractivity (Wildman–Crippen MR) is 91.8 cm³/mol. The van der Waals surface area contributed by atoms with Gasteiger partial charge in [-0.25, -0.2) is 0 Å². The highest BCUT2D eigenvalue weighted by atomic mass is 14.9. The van der Waals surface area contributed by atoms with Crippen molar-refractivity contribution in [2.75, 3.05) is 0 Å². The van der Waals surface area contributed by atoms with Gasteiger partial charge in [0.05, 0.1) is 0 Å². The first-order valence-electron chi connectivity index (χ1n) is 7.79. The van der Waals surface area contributed by atoms with Crippen LogP contribution in [0.1, 0.15) is 59.3 Å². The number of aryl methyl sites for hydroxylation is 4. The summed E-state index contributed by atoms with van der Waals surface area (Å²) in [5.41, 5.74) is 8.26. The predicted octanol–water partition coefficient (Wildman–Crippen LogP) is 5.33. The van der Waals surface area contributed by atoms with Crippen LogP contribution in [0.2, 0.25) is 0 Å². The van der Waals surface area contributed by atoms with E-state index in [1.54, 1.807) is 0 Å². The van der Waals surface area contributed by atoms with E-state index >= 15 is 0 Å². The van der Waals surface area contributed by atoms with Gasteiger partial charge in [0.25, 0.3) is 0 Å². The molecule has 2 aromatic carbocycles. The van der Waals surface area contributed by atoms with Gasteiger partial charge in [-0.15, -0.1) is 0 Å². The number of nitrogens with one attached hydrogen (secondary N) is 1. The first-order valence-corrected chi connectivity index (χ1v) is 7.79. The fraction of sp³-hybridized carbons (Fsp3) is 0.400. The van der Waals surface area contributed by atoms with Gasteiger partial charge in [-0.3, -0.25) is 0 Å². The Labute approximate surface area is 129 Å². The van der Waals surface area contributed by atoms with Crippen LogP contribution in [0.25, 0.3) is 0 Å². The van der Waals surface area contributed by atoms with E-state index in [-0.39, 0.29) is 0 Å². The minimum atomic E-state index is 0.347. The molecule has 0 aliphatic heterocycles. The molecule has 2 atom stereocenters. The molecule has 0 aliphatic carbocycles. The molecule has 0 saturated heterocycles. The molecule has 1 N–H and O–H groups in total. The first kappa shape index (κ1) is 15.8. The Morgan fingerprint density at radius 2 is 1.33 bits per heavy atom. The Kier molecular flexibility index (Phi) is 4.84. The van der Waals surface area contributed by atoms with E-state index in [1.165, 1.54) is 33.4 Å². The van der Waals surface area contributed by atoms with Crippen molar-refractivity contribution in [1.82, 2.24) is 5.32 Å². The summed E-state index contributed by atoms with van der Waals surface area (Å²) in [7, 11) is 0. The molecule has 0 fully saturated rings. The topological polar surface area (TPSA) is 12.0 Å². The number of rotatable bonds is 4. The minimum Gasteiger partial charge on any atom is -0.304 e. The van der Waals surface area contributed by atoms with Crippen molar-refractivity contribution in [3.8, 4) is 0 Å². The second-order valence-electron chi connectivity index (χ2n) is 6.28. The summed E-state index contributed by atoms with van der Waals surface area (Å²) in [5, 5.41) is 3.75. The molecule has 112 valence electrons. The molecule has 21 heavy (non-hydrogen) atoms. The van der Waals surface area contributed by atoms with Crippen LogP contribution in [0.4, 0.5) is 0 Å². The maximum absolute atomic E-state index is 3.75. The molecule has 0 saturated carbocycles. The third-order valence-electron chi connectivity index (χ3n) is 4.33. The summed E-state index contributed by atoms with van der Waals surface area (Å²) >= 11 is 0. The van der Waals surface area contributed by atoms with Gasteiger partial charge < -0.3 is 5.32 Å². The quantitative estimate of drug-likeness (QED) is 0.798. The van der Waals surface area contributed by atoms with Crippen molar-refractivity contribution in [3.63, 3.8) is 0 Å². The highest BCUT2D eigenvalue weighted by Gasteiger charge is 2.16. The molecule has 1 nitrogen and oxygen atoms in total.